The van der Waals surface area contributed by atoms with Crippen molar-refractivity contribution in [3.8, 4) is 0 Å². The molecular formula is C21H34N2S. The summed E-state index contributed by atoms with van der Waals surface area (Å²) >= 11 is 5.16. The Labute approximate surface area is 154 Å². The Bertz CT molecular complexity index is 485. The third kappa shape index (κ3) is 9.76. The summed E-state index contributed by atoms with van der Waals surface area (Å²) in [4.78, 5) is 3.67. The molecule has 0 saturated heterocycles. The molecule has 24 heavy (non-hydrogen) atoms. The van der Waals surface area contributed by atoms with Gasteiger partial charge in [-0.3, -0.25) is 0 Å². The molecule has 2 N–H and O–H groups in total. The van der Waals surface area contributed by atoms with Crippen molar-refractivity contribution in [3.63, 3.8) is 0 Å². The van der Waals surface area contributed by atoms with Crippen molar-refractivity contribution < 1.29 is 0 Å². The summed E-state index contributed by atoms with van der Waals surface area (Å²) in [7, 11) is 1.50. The lowest BCUT2D eigenvalue weighted by atomic mass is 10.1. The van der Waals surface area contributed by atoms with Crippen molar-refractivity contribution in [2.24, 2.45) is 5.73 Å². The van der Waals surface area contributed by atoms with Crippen molar-refractivity contribution >= 4 is 27.9 Å². The van der Waals surface area contributed by atoms with Gasteiger partial charge in [-0.15, -0.1) is 0 Å². The van der Waals surface area contributed by atoms with Crippen molar-refractivity contribution in [2.45, 2.75) is 40.0 Å². The fraction of sp³-hybridized carbons (Fsp3) is 0.476. The molecule has 0 fully saturated rings. The van der Waals surface area contributed by atoms with Crippen LogP contribution in [0.2, 0.25) is 0 Å². The molecule has 2 nitrogen and oxygen atoms in total. The molecule has 134 valence electrons. The monoisotopic (exact) mass is 346 g/mol. The number of nitrogens with two attached hydrogens (primary N) is 1. The van der Waals surface area contributed by atoms with E-state index in [1.54, 1.807) is 0 Å². The van der Waals surface area contributed by atoms with E-state index in [2.05, 4.69) is 79.9 Å². The number of benzene rings is 2. The fourth-order valence-electron chi connectivity index (χ4n) is 2.35. The first kappa shape index (κ1) is 22.7. The summed E-state index contributed by atoms with van der Waals surface area (Å²) in [5, 5.41) is 2.62. The lowest BCUT2D eigenvalue weighted by molar-refractivity contribution is 0.302. The molecule has 0 aromatic heterocycles. The summed E-state index contributed by atoms with van der Waals surface area (Å²) in [6, 6.07) is 16.7. The van der Waals surface area contributed by atoms with Crippen molar-refractivity contribution in [2.75, 3.05) is 26.7 Å². The normalized spacial score (nSPS) is 9.75. The van der Waals surface area contributed by atoms with Gasteiger partial charge in [0.05, 0.1) is 0 Å². The van der Waals surface area contributed by atoms with Crippen LogP contribution in [0, 0.1) is 0 Å². The molecule has 2 aromatic rings. The average Bonchev–Trinajstić information content (AvgIpc) is 2.67. The van der Waals surface area contributed by atoms with E-state index in [-0.39, 0.29) is 0 Å². The summed E-state index contributed by atoms with van der Waals surface area (Å²) < 4.78 is 0. The van der Waals surface area contributed by atoms with E-state index in [9.17, 15) is 0 Å². The third-order valence-corrected chi connectivity index (χ3v) is 4.37. The quantitative estimate of drug-likeness (QED) is 0.690. The number of nitrogens with zero attached hydrogens (tertiary/aromatic N) is 1. The van der Waals surface area contributed by atoms with Crippen LogP contribution in [-0.4, -0.2) is 36.4 Å². The number of fused-ring (bicyclic) bond motifs is 1. The highest BCUT2D eigenvalue weighted by molar-refractivity contribution is 7.80. The zero-order valence-electron chi connectivity index (χ0n) is 15.8. The van der Waals surface area contributed by atoms with Gasteiger partial charge in [-0.1, -0.05) is 81.5 Å². The second-order valence-corrected chi connectivity index (χ2v) is 5.95. The maximum atomic E-state index is 5.16. The number of hydrogen-bond acceptors (Lipinski definition) is 3. The fourth-order valence-corrected chi connectivity index (χ4v) is 2.49. The zero-order chi connectivity index (χ0) is 18.2. The second-order valence-electron chi connectivity index (χ2n) is 5.37. The summed E-state index contributed by atoms with van der Waals surface area (Å²) in [5.74, 6) is 0. The molecule has 0 aliphatic carbocycles. The maximum Gasteiger partial charge on any atom is -0.00156 e. The smallest absolute Gasteiger partial charge is 0.00156 e. The molecule has 0 radical (unpaired) electrons. The van der Waals surface area contributed by atoms with Crippen LogP contribution in [0.1, 0.15) is 40.0 Å². The van der Waals surface area contributed by atoms with E-state index in [4.69, 9.17) is 12.2 Å². The third-order valence-electron chi connectivity index (χ3n) is 3.88. The van der Waals surface area contributed by atoms with Gasteiger partial charge in [0.1, 0.15) is 0 Å². The minimum absolute atomic E-state index is 1.06. The highest BCUT2D eigenvalue weighted by Crippen LogP contribution is 2.11. The molecule has 2 rings (SSSR count). The predicted molar refractivity (Wildman–Crippen MR) is 114 cm³/mol. The zero-order valence-corrected chi connectivity index (χ0v) is 16.6. The van der Waals surface area contributed by atoms with Gasteiger partial charge >= 0.3 is 0 Å². The van der Waals surface area contributed by atoms with Crippen molar-refractivity contribution in [3.05, 3.63) is 48.5 Å². The van der Waals surface area contributed by atoms with Gasteiger partial charge < -0.3 is 10.6 Å². The highest BCUT2D eigenvalue weighted by atomic mass is 32.1. The van der Waals surface area contributed by atoms with Crippen LogP contribution in [0.25, 0.3) is 10.8 Å². The Morgan fingerprint density at radius 3 is 1.62 bits per heavy atom. The van der Waals surface area contributed by atoms with Gasteiger partial charge in [0.15, 0.2) is 0 Å². The van der Waals surface area contributed by atoms with Crippen LogP contribution in [0.15, 0.2) is 48.5 Å². The number of rotatable bonds is 7. The molecule has 0 amide bonds. The predicted octanol–water partition coefficient (Wildman–Crippen LogP) is 5.30. The molecule has 0 atom stereocenters. The van der Waals surface area contributed by atoms with Gasteiger partial charge in [0.2, 0.25) is 0 Å². The van der Waals surface area contributed by atoms with Gasteiger partial charge in [-0.2, -0.15) is 0 Å². The molecule has 0 heterocycles. The second kappa shape index (κ2) is 15.3. The summed E-state index contributed by atoms with van der Waals surface area (Å²) in [6.07, 6.45) is 3.42. The number of thiocarbonyl (C=S) groups is 1. The molecule has 0 unspecified atom stereocenters. The first-order valence-corrected chi connectivity index (χ1v) is 9.37. The molecule has 2 aromatic carbocycles. The Morgan fingerprint density at radius 1 is 0.875 bits per heavy atom. The van der Waals surface area contributed by atoms with Crippen LogP contribution in [0.5, 0.6) is 0 Å². The van der Waals surface area contributed by atoms with Gasteiger partial charge in [-0.25, -0.2) is 0 Å². The Balaban J connectivity index is 0.000000402. The maximum absolute atomic E-state index is 5.16. The van der Waals surface area contributed by atoms with Crippen LogP contribution < -0.4 is 5.73 Å². The molecule has 0 saturated carbocycles. The average molecular weight is 347 g/mol. The van der Waals surface area contributed by atoms with Crippen LogP contribution in [0.4, 0.5) is 0 Å². The SMILES string of the molecule is CCC(=S)CCCN(CC)CC.CN.c1ccc2ccccc2c1. The van der Waals surface area contributed by atoms with E-state index in [1.165, 1.54) is 35.7 Å². The highest BCUT2D eigenvalue weighted by Gasteiger charge is 1.99. The summed E-state index contributed by atoms with van der Waals surface area (Å²) in [5.41, 5.74) is 4.50. The van der Waals surface area contributed by atoms with E-state index < -0.39 is 0 Å². The van der Waals surface area contributed by atoms with Crippen molar-refractivity contribution in [1.29, 1.82) is 0 Å². The van der Waals surface area contributed by atoms with E-state index in [0.29, 0.717) is 0 Å². The molecule has 0 spiro atoms. The first-order chi connectivity index (χ1) is 11.7. The largest absolute Gasteiger partial charge is 0.333 e. The van der Waals surface area contributed by atoms with Gasteiger partial charge in [0.25, 0.3) is 0 Å². The Kier molecular flexibility index (Phi) is 14.4. The molecule has 0 aliphatic heterocycles. The molecule has 0 bridgehead atoms. The van der Waals surface area contributed by atoms with E-state index >= 15 is 0 Å². The first-order valence-electron chi connectivity index (χ1n) is 8.96. The van der Waals surface area contributed by atoms with Crippen LogP contribution in [0.3, 0.4) is 0 Å². The van der Waals surface area contributed by atoms with Gasteiger partial charge in [-0.05, 0) is 61.6 Å². The van der Waals surface area contributed by atoms with Gasteiger partial charge in [0, 0.05) is 0 Å². The lowest BCUT2D eigenvalue weighted by Crippen LogP contribution is -2.24. The minimum atomic E-state index is 1.06. The van der Waals surface area contributed by atoms with Crippen LogP contribution in [-0.2, 0) is 0 Å². The number of hydrogen-bond donors (Lipinski definition) is 1. The molecule has 3 heteroatoms. The minimum Gasteiger partial charge on any atom is -0.333 e. The summed E-state index contributed by atoms with van der Waals surface area (Å²) in [6.45, 7) is 10.1. The molecular weight excluding hydrogens is 312 g/mol. The Hall–Kier alpha value is -1.29. The van der Waals surface area contributed by atoms with E-state index in [0.717, 1.165) is 25.9 Å². The van der Waals surface area contributed by atoms with E-state index in [1.807, 2.05) is 0 Å². The topological polar surface area (TPSA) is 29.3 Å². The standard InChI is InChI=1S/C10H21NS.C10H8.CH5N/c1-4-10(12)8-7-9-11(5-2)6-3;1-2-6-10-8-4-3-7-9(10)5-1;1-2/h4-9H2,1-3H3;1-8H;2H2,1H3. The Morgan fingerprint density at radius 2 is 1.29 bits per heavy atom. The molecule has 0 aliphatic rings. The lowest BCUT2D eigenvalue weighted by Gasteiger charge is -2.17. The van der Waals surface area contributed by atoms with Crippen LogP contribution >= 0.6 is 12.2 Å². The van der Waals surface area contributed by atoms with Crippen molar-refractivity contribution in [1.82, 2.24) is 4.90 Å².